The summed E-state index contributed by atoms with van der Waals surface area (Å²) in [6.45, 7) is 1.35. The van der Waals surface area contributed by atoms with Gasteiger partial charge in [-0.15, -0.1) is 0 Å². The Morgan fingerprint density at radius 3 is 2.16 bits per heavy atom. The average Bonchev–Trinajstić information content (AvgIpc) is 2.26. The van der Waals surface area contributed by atoms with Crippen LogP contribution < -0.4 is 29.7 Å². The van der Waals surface area contributed by atoms with Crippen LogP contribution in [0.25, 0.3) is 0 Å². The molecule has 0 saturated carbocycles. The van der Waals surface area contributed by atoms with Crippen LogP contribution in [0.15, 0.2) is 0 Å². The summed E-state index contributed by atoms with van der Waals surface area (Å²) in [5, 5.41) is 20.0. The molecule has 1 heterocycles. The minimum Gasteiger partial charge on any atom is -0.550 e. The zero-order valence-corrected chi connectivity index (χ0v) is 10.9. The molecule has 0 aromatic rings. The maximum atomic E-state index is 11.4. The molecule has 0 aliphatic carbocycles. The van der Waals surface area contributed by atoms with Crippen LogP contribution >= 0.6 is 0 Å². The number of amides is 1. The molecule has 5 atom stereocenters. The second kappa shape index (κ2) is 6.91. The number of nitrogens with two attached hydrogens (primary N) is 1. The van der Waals surface area contributed by atoms with Crippen molar-refractivity contribution in [1.82, 2.24) is 0 Å². The SMILES string of the molecule is CO[C@@H]1C(C(=O)O)O[C@@H](C)C(C(=O)[O-])[C@H]1C(N)=O.[Li+]. The van der Waals surface area contributed by atoms with E-state index in [1.807, 2.05) is 0 Å². The normalized spacial score (nSPS) is 34.1. The van der Waals surface area contributed by atoms with Crippen molar-refractivity contribution < 1.29 is 52.9 Å². The number of methoxy groups -OCH3 is 1. The first-order valence-corrected chi connectivity index (χ1v) is 5.22. The maximum absolute atomic E-state index is 11.4. The summed E-state index contributed by atoms with van der Waals surface area (Å²) in [7, 11) is 1.15. The molecule has 102 valence electrons. The van der Waals surface area contributed by atoms with Gasteiger partial charge in [0.1, 0.15) is 6.10 Å². The van der Waals surface area contributed by atoms with E-state index in [0.29, 0.717) is 0 Å². The second-order valence-electron chi connectivity index (χ2n) is 4.07. The van der Waals surface area contributed by atoms with E-state index in [2.05, 4.69) is 0 Å². The van der Waals surface area contributed by atoms with Gasteiger partial charge in [-0.05, 0) is 6.92 Å². The van der Waals surface area contributed by atoms with Gasteiger partial charge in [0.25, 0.3) is 0 Å². The van der Waals surface area contributed by atoms with E-state index in [4.69, 9.17) is 20.3 Å². The fourth-order valence-electron chi connectivity index (χ4n) is 2.22. The summed E-state index contributed by atoms with van der Waals surface area (Å²) in [4.78, 5) is 33.4. The van der Waals surface area contributed by atoms with Gasteiger partial charge in [0.2, 0.25) is 5.91 Å². The zero-order chi connectivity index (χ0) is 14.0. The van der Waals surface area contributed by atoms with Crippen LogP contribution in [0.1, 0.15) is 6.92 Å². The summed E-state index contributed by atoms with van der Waals surface area (Å²) in [5.74, 6) is -6.50. The second-order valence-corrected chi connectivity index (χ2v) is 4.07. The van der Waals surface area contributed by atoms with Gasteiger partial charge in [0.05, 0.1) is 12.0 Å². The molecule has 0 radical (unpaired) electrons. The van der Waals surface area contributed by atoms with E-state index < -0.39 is 48.0 Å². The van der Waals surface area contributed by atoms with E-state index in [1.54, 1.807) is 0 Å². The molecule has 0 aromatic carbocycles. The zero-order valence-electron chi connectivity index (χ0n) is 10.9. The Morgan fingerprint density at radius 1 is 1.32 bits per heavy atom. The maximum Gasteiger partial charge on any atom is 1.00 e. The number of ether oxygens (including phenoxy) is 2. The van der Waals surface area contributed by atoms with Gasteiger partial charge in [-0.3, -0.25) is 4.79 Å². The first kappa shape index (κ1) is 17.9. The van der Waals surface area contributed by atoms with Crippen molar-refractivity contribution in [3.8, 4) is 0 Å². The van der Waals surface area contributed by atoms with Crippen LogP contribution in [-0.2, 0) is 23.9 Å². The molecule has 9 heteroatoms. The predicted octanol–water partition coefficient (Wildman–Crippen LogP) is -5.66. The van der Waals surface area contributed by atoms with Crippen LogP contribution in [0.2, 0.25) is 0 Å². The molecule has 0 bridgehead atoms. The summed E-state index contributed by atoms with van der Waals surface area (Å²) in [5.41, 5.74) is 5.13. The van der Waals surface area contributed by atoms with Crippen molar-refractivity contribution in [2.24, 2.45) is 17.6 Å². The standard InChI is InChI=1S/C10H15NO7.Li/c1-3-4(9(13)14)5(8(11)12)6(17-2)7(18-3)10(15)16;/h3-7H,1-2H3,(H2,11,12)(H,13,14)(H,15,16);/q;+1/p-1/t3-,4?,5+,6-,7?;/m0./s1. The number of carboxylic acids is 2. The molecule has 3 N–H and O–H groups in total. The minimum atomic E-state index is -1.53. The largest absolute Gasteiger partial charge is 1.00 e. The molecule has 1 aliphatic heterocycles. The van der Waals surface area contributed by atoms with Gasteiger partial charge in [-0.2, -0.15) is 0 Å². The van der Waals surface area contributed by atoms with Crippen molar-refractivity contribution in [1.29, 1.82) is 0 Å². The van der Waals surface area contributed by atoms with Crippen LogP contribution in [0, 0.1) is 11.8 Å². The smallest absolute Gasteiger partial charge is 0.550 e. The Balaban J connectivity index is 0.00000324. The van der Waals surface area contributed by atoms with Crippen molar-refractivity contribution >= 4 is 17.8 Å². The minimum absolute atomic E-state index is 0. The van der Waals surface area contributed by atoms with Gasteiger partial charge in [-0.1, -0.05) is 0 Å². The van der Waals surface area contributed by atoms with Gasteiger partial charge in [-0.25, -0.2) is 4.79 Å². The number of hydrogen-bond acceptors (Lipinski definition) is 6. The molecule has 1 amide bonds. The third kappa shape index (κ3) is 3.48. The van der Waals surface area contributed by atoms with Crippen LogP contribution in [-0.4, -0.2) is 48.4 Å². The van der Waals surface area contributed by atoms with Crippen molar-refractivity contribution in [2.75, 3.05) is 7.11 Å². The summed E-state index contributed by atoms with van der Waals surface area (Å²) < 4.78 is 9.92. The van der Waals surface area contributed by atoms with E-state index in [0.717, 1.165) is 7.11 Å². The van der Waals surface area contributed by atoms with Crippen LogP contribution in [0.3, 0.4) is 0 Å². The van der Waals surface area contributed by atoms with Crippen molar-refractivity contribution in [3.05, 3.63) is 0 Å². The Morgan fingerprint density at radius 2 is 1.84 bits per heavy atom. The molecule has 2 unspecified atom stereocenters. The Hall–Kier alpha value is -1.07. The predicted molar refractivity (Wildman–Crippen MR) is 53.9 cm³/mol. The molecule has 1 aliphatic rings. The van der Waals surface area contributed by atoms with Crippen LogP contribution in [0.5, 0.6) is 0 Å². The number of carboxylic acid groups (broad SMARTS) is 2. The monoisotopic (exact) mass is 267 g/mol. The van der Waals surface area contributed by atoms with Gasteiger partial charge < -0.3 is 30.2 Å². The molecule has 1 rings (SSSR count). The number of aliphatic carboxylic acids is 2. The average molecular weight is 267 g/mol. The fourth-order valence-corrected chi connectivity index (χ4v) is 2.22. The summed E-state index contributed by atoms with van der Waals surface area (Å²) in [6, 6.07) is 0. The van der Waals surface area contributed by atoms with Crippen LogP contribution in [0.4, 0.5) is 0 Å². The first-order valence-electron chi connectivity index (χ1n) is 5.22. The molecule has 19 heavy (non-hydrogen) atoms. The first-order chi connectivity index (χ1) is 8.31. The molecular weight excluding hydrogens is 253 g/mol. The number of carbonyl (C=O) groups is 3. The Bertz CT molecular complexity index is 375. The Labute approximate surface area is 121 Å². The third-order valence-electron chi connectivity index (χ3n) is 3.02. The van der Waals surface area contributed by atoms with E-state index in [9.17, 15) is 19.5 Å². The van der Waals surface area contributed by atoms with E-state index >= 15 is 0 Å². The molecular formula is C10H14LiNO7. The molecule has 1 saturated heterocycles. The number of hydrogen-bond donors (Lipinski definition) is 2. The third-order valence-corrected chi connectivity index (χ3v) is 3.02. The van der Waals surface area contributed by atoms with Gasteiger partial charge in [0, 0.05) is 19.0 Å². The van der Waals surface area contributed by atoms with Gasteiger partial charge in [0.15, 0.2) is 6.10 Å². The fraction of sp³-hybridized carbons (Fsp3) is 0.700. The Kier molecular flexibility index (Phi) is 6.52. The molecule has 0 aromatic heterocycles. The number of rotatable bonds is 4. The summed E-state index contributed by atoms with van der Waals surface area (Å²) in [6.07, 6.45) is -3.72. The molecule has 1 fully saturated rings. The molecule has 0 spiro atoms. The topological polar surface area (TPSA) is 139 Å². The number of primary amides is 1. The molecule has 8 nitrogen and oxygen atoms in total. The van der Waals surface area contributed by atoms with Crippen molar-refractivity contribution in [3.63, 3.8) is 0 Å². The van der Waals surface area contributed by atoms with E-state index in [-0.39, 0.29) is 18.9 Å². The van der Waals surface area contributed by atoms with Crippen molar-refractivity contribution in [2.45, 2.75) is 25.2 Å². The van der Waals surface area contributed by atoms with Gasteiger partial charge >= 0.3 is 24.8 Å². The summed E-state index contributed by atoms with van der Waals surface area (Å²) >= 11 is 0. The quantitative estimate of drug-likeness (QED) is 0.484. The number of carbonyl (C=O) groups excluding carboxylic acids is 2. The van der Waals surface area contributed by atoms with E-state index in [1.165, 1.54) is 6.92 Å².